The van der Waals surface area contributed by atoms with Crippen molar-refractivity contribution >= 4 is 5.91 Å². The van der Waals surface area contributed by atoms with Gasteiger partial charge in [-0.3, -0.25) is 4.79 Å². The second-order valence-electron chi connectivity index (χ2n) is 4.92. The summed E-state index contributed by atoms with van der Waals surface area (Å²) in [5.74, 6) is 0.879. The minimum atomic E-state index is -0.295. The van der Waals surface area contributed by atoms with Crippen molar-refractivity contribution in [2.24, 2.45) is 11.7 Å². The Morgan fingerprint density at radius 3 is 2.47 bits per heavy atom. The molecular weight excluding hydrogens is 188 g/mol. The molecule has 1 saturated carbocycles. The van der Waals surface area contributed by atoms with Crippen LogP contribution in [-0.4, -0.2) is 29.4 Å². The Morgan fingerprint density at radius 2 is 2.07 bits per heavy atom. The Hall–Kier alpha value is -0.570. The van der Waals surface area contributed by atoms with Crippen LogP contribution in [0.15, 0.2) is 0 Å². The number of hydrogen-bond acceptors (Lipinski definition) is 2. The molecule has 1 unspecified atom stereocenters. The molecular formula is C12H24N2O. The van der Waals surface area contributed by atoms with Crippen LogP contribution in [0, 0.1) is 5.92 Å². The predicted molar refractivity (Wildman–Crippen MR) is 62.5 cm³/mol. The van der Waals surface area contributed by atoms with Gasteiger partial charge in [0, 0.05) is 12.6 Å². The van der Waals surface area contributed by atoms with Gasteiger partial charge >= 0.3 is 0 Å². The van der Waals surface area contributed by atoms with E-state index < -0.39 is 0 Å². The summed E-state index contributed by atoms with van der Waals surface area (Å²) in [6, 6.07) is -0.0165. The molecule has 0 radical (unpaired) electrons. The lowest BCUT2D eigenvalue weighted by Gasteiger charge is -2.29. The first kappa shape index (κ1) is 12.5. The Bertz CT molecular complexity index is 212. The lowest BCUT2D eigenvalue weighted by atomic mass is 10.1. The summed E-state index contributed by atoms with van der Waals surface area (Å²) in [5.41, 5.74) is 5.87. The van der Waals surface area contributed by atoms with Crippen molar-refractivity contribution < 1.29 is 4.79 Å². The van der Waals surface area contributed by atoms with E-state index in [1.807, 2.05) is 4.90 Å². The van der Waals surface area contributed by atoms with Gasteiger partial charge in [0.05, 0.1) is 6.04 Å². The average molecular weight is 212 g/mol. The van der Waals surface area contributed by atoms with Crippen LogP contribution in [-0.2, 0) is 4.79 Å². The summed E-state index contributed by atoms with van der Waals surface area (Å²) in [4.78, 5) is 14.0. The second kappa shape index (κ2) is 5.50. The van der Waals surface area contributed by atoms with Gasteiger partial charge in [-0.25, -0.2) is 0 Å². The van der Waals surface area contributed by atoms with E-state index in [0.29, 0.717) is 0 Å². The zero-order chi connectivity index (χ0) is 11.4. The van der Waals surface area contributed by atoms with Gasteiger partial charge in [-0.2, -0.15) is 0 Å². The molecule has 0 aliphatic heterocycles. The Morgan fingerprint density at radius 1 is 1.47 bits per heavy atom. The van der Waals surface area contributed by atoms with Gasteiger partial charge in [-0.15, -0.1) is 0 Å². The molecule has 0 aromatic carbocycles. The van der Waals surface area contributed by atoms with Crippen LogP contribution < -0.4 is 5.73 Å². The van der Waals surface area contributed by atoms with E-state index in [1.165, 1.54) is 12.8 Å². The monoisotopic (exact) mass is 212 g/mol. The minimum Gasteiger partial charge on any atom is -0.339 e. The fraction of sp³-hybridized carbons (Fsp3) is 0.917. The Balaban J connectivity index is 2.49. The zero-order valence-electron chi connectivity index (χ0n) is 10.2. The van der Waals surface area contributed by atoms with Crippen molar-refractivity contribution in [2.45, 2.75) is 58.5 Å². The third-order valence-corrected chi connectivity index (χ3v) is 2.98. The van der Waals surface area contributed by atoms with Crippen molar-refractivity contribution in [3.63, 3.8) is 0 Å². The highest BCUT2D eigenvalue weighted by molar-refractivity contribution is 5.81. The lowest BCUT2D eigenvalue weighted by Crippen LogP contribution is -2.47. The highest BCUT2D eigenvalue weighted by Gasteiger charge is 2.29. The Labute approximate surface area is 93.0 Å². The summed E-state index contributed by atoms with van der Waals surface area (Å²) in [6.07, 6.45) is 4.33. The molecule has 0 spiro atoms. The fourth-order valence-corrected chi connectivity index (χ4v) is 1.78. The third-order valence-electron chi connectivity index (χ3n) is 2.98. The maximum atomic E-state index is 12.0. The molecule has 1 fully saturated rings. The number of amides is 1. The summed E-state index contributed by atoms with van der Waals surface area (Å²) < 4.78 is 0. The average Bonchev–Trinajstić information content (AvgIpc) is 2.96. The molecule has 3 heteroatoms. The molecule has 1 aliphatic rings. The number of hydrogen-bond donors (Lipinski definition) is 1. The Kier molecular flexibility index (Phi) is 4.58. The van der Waals surface area contributed by atoms with Gasteiger partial charge in [0.15, 0.2) is 0 Å². The van der Waals surface area contributed by atoms with Crippen molar-refractivity contribution in [3.05, 3.63) is 0 Å². The van der Waals surface area contributed by atoms with Crippen LogP contribution in [0.4, 0.5) is 0 Å². The first-order valence-corrected chi connectivity index (χ1v) is 6.12. The highest BCUT2D eigenvalue weighted by atomic mass is 16.2. The smallest absolute Gasteiger partial charge is 0.239 e. The predicted octanol–water partition coefficient (Wildman–Crippen LogP) is 1.76. The molecule has 0 aromatic rings. The molecule has 0 saturated heterocycles. The number of carbonyl (C=O) groups excluding carboxylic acids is 1. The van der Waals surface area contributed by atoms with E-state index in [9.17, 15) is 4.79 Å². The van der Waals surface area contributed by atoms with E-state index >= 15 is 0 Å². The molecule has 0 bridgehead atoms. The summed E-state index contributed by atoms with van der Waals surface area (Å²) in [7, 11) is 0. The zero-order valence-corrected chi connectivity index (χ0v) is 10.2. The molecule has 3 nitrogen and oxygen atoms in total. The van der Waals surface area contributed by atoms with Crippen LogP contribution >= 0.6 is 0 Å². The molecule has 1 atom stereocenters. The number of nitrogens with zero attached hydrogens (tertiary/aromatic N) is 1. The molecule has 15 heavy (non-hydrogen) atoms. The van der Waals surface area contributed by atoms with Crippen molar-refractivity contribution in [2.75, 3.05) is 6.54 Å². The highest BCUT2D eigenvalue weighted by Crippen LogP contribution is 2.30. The van der Waals surface area contributed by atoms with Crippen molar-refractivity contribution in [1.82, 2.24) is 4.90 Å². The van der Waals surface area contributed by atoms with Crippen LogP contribution in [0.5, 0.6) is 0 Å². The molecule has 1 aliphatic carbocycles. The van der Waals surface area contributed by atoms with Crippen LogP contribution in [0.3, 0.4) is 0 Å². The standard InChI is InChI=1S/C12H24N2O/c1-4-5-11(13)12(15)14(9(2)3)8-10-6-7-10/h9-11H,4-8,13H2,1-3H3. The first-order chi connectivity index (χ1) is 7.06. The van der Waals surface area contributed by atoms with Gasteiger partial charge in [-0.05, 0) is 39.0 Å². The van der Waals surface area contributed by atoms with E-state index in [4.69, 9.17) is 5.73 Å². The first-order valence-electron chi connectivity index (χ1n) is 6.12. The van der Waals surface area contributed by atoms with Gasteiger partial charge in [0.25, 0.3) is 0 Å². The second-order valence-corrected chi connectivity index (χ2v) is 4.92. The molecule has 88 valence electrons. The number of carbonyl (C=O) groups is 1. The number of nitrogens with two attached hydrogens (primary N) is 1. The maximum Gasteiger partial charge on any atom is 0.239 e. The lowest BCUT2D eigenvalue weighted by molar-refractivity contribution is -0.134. The molecule has 0 heterocycles. The fourth-order valence-electron chi connectivity index (χ4n) is 1.78. The molecule has 0 aromatic heterocycles. The van der Waals surface area contributed by atoms with E-state index in [-0.39, 0.29) is 18.0 Å². The number of rotatable bonds is 6. The van der Waals surface area contributed by atoms with Gasteiger partial charge in [-0.1, -0.05) is 13.3 Å². The van der Waals surface area contributed by atoms with Crippen LogP contribution in [0.25, 0.3) is 0 Å². The molecule has 2 N–H and O–H groups in total. The SMILES string of the molecule is CCCC(N)C(=O)N(CC1CC1)C(C)C. The van der Waals surface area contributed by atoms with E-state index in [0.717, 1.165) is 25.3 Å². The van der Waals surface area contributed by atoms with Gasteiger partial charge in [0.2, 0.25) is 5.91 Å². The largest absolute Gasteiger partial charge is 0.339 e. The van der Waals surface area contributed by atoms with Gasteiger partial charge in [0.1, 0.15) is 0 Å². The normalized spacial score (nSPS) is 17.9. The summed E-state index contributed by atoms with van der Waals surface area (Å²) >= 11 is 0. The quantitative estimate of drug-likeness (QED) is 0.729. The summed E-state index contributed by atoms with van der Waals surface area (Å²) in [6.45, 7) is 7.11. The van der Waals surface area contributed by atoms with Crippen LogP contribution in [0.2, 0.25) is 0 Å². The molecule has 1 amide bonds. The van der Waals surface area contributed by atoms with Crippen molar-refractivity contribution in [3.8, 4) is 0 Å². The minimum absolute atomic E-state index is 0.138. The topological polar surface area (TPSA) is 46.3 Å². The summed E-state index contributed by atoms with van der Waals surface area (Å²) in [5, 5.41) is 0. The van der Waals surface area contributed by atoms with E-state index in [2.05, 4.69) is 20.8 Å². The molecule has 1 rings (SSSR count). The van der Waals surface area contributed by atoms with Gasteiger partial charge < -0.3 is 10.6 Å². The van der Waals surface area contributed by atoms with Crippen molar-refractivity contribution in [1.29, 1.82) is 0 Å². The van der Waals surface area contributed by atoms with E-state index in [1.54, 1.807) is 0 Å². The maximum absolute atomic E-state index is 12.0. The van der Waals surface area contributed by atoms with Crippen LogP contribution in [0.1, 0.15) is 46.5 Å². The third kappa shape index (κ3) is 3.82.